The van der Waals surface area contributed by atoms with E-state index < -0.39 is 5.97 Å². The van der Waals surface area contributed by atoms with Crippen molar-refractivity contribution in [2.75, 3.05) is 6.61 Å². The molecule has 4 heteroatoms. The van der Waals surface area contributed by atoms with Crippen LogP contribution in [0.15, 0.2) is 18.2 Å². The van der Waals surface area contributed by atoms with Crippen LogP contribution in [0.4, 0.5) is 0 Å². The number of halogens is 1. The minimum absolute atomic E-state index is 0.291. The fourth-order valence-electron chi connectivity index (χ4n) is 0.869. The van der Waals surface area contributed by atoms with Crippen LogP contribution in [0.2, 0.25) is 0 Å². The lowest BCUT2D eigenvalue weighted by Gasteiger charge is -2.06. The van der Waals surface area contributed by atoms with Gasteiger partial charge in [0.1, 0.15) is 5.75 Å². The molecular weight excluding hydrogens is 283 g/mol. The summed E-state index contributed by atoms with van der Waals surface area (Å²) in [5.41, 5.74) is 0.946. The molecule has 0 fully saturated rings. The first-order valence-corrected chi connectivity index (χ1v) is 4.78. The van der Waals surface area contributed by atoms with E-state index in [4.69, 9.17) is 9.84 Å². The molecule has 70 valence electrons. The first kappa shape index (κ1) is 10.3. The average Bonchev–Trinajstić information content (AvgIpc) is 2.06. The molecule has 0 aromatic heterocycles. The molecule has 0 heterocycles. The smallest absolute Gasteiger partial charge is 0.341 e. The molecule has 1 N–H and O–H groups in total. The van der Waals surface area contributed by atoms with Crippen molar-refractivity contribution in [1.82, 2.24) is 0 Å². The zero-order valence-corrected chi connectivity index (χ0v) is 9.24. The number of rotatable bonds is 3. The first-order chi connectivity index (χ1) is 6.09. The van der Waals surface area contributed by atoms with E-state index >= 15 is 0 Å². The normalized spacial score (nSPS) is 9.69. The number of hydrogen-bond acceptors (Lipinski definition) is 2. The molecule has 13 heavy (non-hydrogen) atoms. The zero-order valence-electron chi connectivity index (χ0n) is 7.08. The second kappa shape index (κ2) is 4.45. The van der Waals surface area contributed by atoms with Crippen LogP contribution in [0.25, 0.3) is 0 Å². The number of benzene rings is 1. The Morgan fingerprint density at radius 2 is 2.31 bits per heavy atom. The predicted molar refractivity (Wildman–Crippen MR) is 57.0 cm³/mol. The van der Waals surface area contributed by atoms with E-state index in [1.165, 1.54) is 0 Å². The Balaban J connectivity index is 2.75. The number of carboxylic acid groups (broad SMARTS) is 1. The molecule has 0 bridgehead atoms. The summed E-state index contributed by atoms with van der Waals surface area (Å²) in [6.45, 7) is 1.59. The van der Waals surface area contributed by atoms with Crippen LogP contribution in [-0.4, -0.2) is 17.7 Å². The topological polar surface area (TPSA) is 46.5 Å². The summed E-state index contributed by atoms with van der Waals surface area (Å²) in [4.78, 5) is 10.2. The fraction of sp³-hybridized carbons (Fsp3) is 0.222. The van der Waals surface area contributed by atoms with Gasteiger partial charge in [0.2, 0.25) is 0 Å². The maximum atomic E-state index is 10.2. The van der Waals surface area contributed by atoms with Crippen LogP contribution in [0.5, 0.6) is 5.75 Å². The highest BCUT2D eigenvalue weighted by Crippen LogP contribution is 2.20. The lowest BCUT2D eigenvalue weighted by Crippen LogP contribution is -2.10. The molecule has 1 aromatic carbocycles. The Morgan fingerprint density at radius 3 is 2.92 bits per heavy atom. The van der Waals surface area contributed by atoms with Crippen LogP contribution in [0.3, 0.4) is 0 Å². The van der Waals surface area contributed by atoms with Crippen molar-refractivity contribution < 1.29 is 14.6 Å². The van der Waals surface area contributed by atoms with Gasteiger partial charge in [-0.15, -0.1) is 0 Å². The van der Waals surface area contributed by atoms with Crippen LogP contribution >= 0.6 is 22.6 Å². The Kier molecular flexibility index (Phi) is 3.53. The molecule has 0 radical (unpaired) electrons. The number of hydrogen-bond donors (Lipinski definition) is 1. The molecule has 0 aliphatic rings. The maximum Gasteiger partial charge on any atom is 0.341 e. The van der Waals surface area contributed by atoms with E-state index in [9.17, 15) is 4.79 Å². The molecule has 0 amide bonds. The van der Waals surface area contributed by atoms with Gasteiger partial charge in [-0.1, -0.05) is 6.07 Å². The van der Waals surface area contributed by atoms with Gasteiger partial charge in [-0.2, -0.15) is 0 Å². The highest BCUT2D eigenvalue weighted by molar-refractivity contribution is 14.1. The van der Waals surface area contributed by atoms with Gasteiger partial charge < -0.3 is 9.84 Å². The maximum absolute atomic E-state index is 10.2. The largest absolute Gasteiger partial charge is 0.482 e. The monoisotopic (exact) mass is 292 g/mol. The van der Waals surface area contributed by atoms with E-state index in [1.807, 2.05) is 25.1 Å². The molecule has 1 rings (SSSR count). The molecule has 0 spiro atoms. The van der Waals surface area contributed by atoms with Gasteiger partial charge in [0, 0.05) is 3.57 Å². The molecule has 0 saturated heterocycles. The minimum atomic E-state index is -0.960. The molecule has 0 aliphatic carbocycles. The summed E-state index contributed by atoms with van der Waals surface area (Å²) in [5.74, 6) is -0.326. The average molecular weight is 292 g/mol. The lowest BCUT2D eigenvalue weighted by atomic mass is 10.2. The van der Waals surface area contributed by atoms with Crippen LogP contribution in [-0.2, 0) is 4.79 Å². The summed E-state index contributed by atoms with van der Waals surface area (Å²) in [5, 5.41) is 8.41. The molecule has 3 nitrogen and oxygen atoms in total. The van der Waals surface area contributed by atoms with Crippen molar-refractivity contribution in [3.05, 3.63) is 27.3 Å². The summed E-state index contributed by atoms with van der Waals surface area (Å²) >= 11 is 2.15. The van der Waals surface area contributed by atoms with Crippen molar-refractivity contribution in [1.29, 1.82) is 0 Å². The Labute approximate surface area is 89.9 Å². The van der Waals surface area contributed by atoms with Crippen molar-refractivity contribution in [3.8, 4) is 5.75 Å². The zero-order chi connectivity index (χ0) is 9.84. The third-order valence-electron chi connectivity index (χ3n) is 1.50. The highest BCUT2D eigenvalue weighted by atomic mass is 127. The van der Waals surface area contributed by atoms with Gasteiger partial charge >= 0.3 is 5.97 Å². The van der Waals surface area contributed by atoms with Gasteiger partial charge in [0.25, 0.3) is 0 Å². The van der Waals surface area contributed by atoms with Crippen LogP contribution in [0, 0.1) is 10.5 Å². The van der Waals surface area contributed by atoms with Crippen LogP contribution < -0.4 is 4.74 Å². The van der Waals surface area contributed by atoms with Crippen molar-refractivity contribution >= 4 is 28.6 Å². The molecule has 0 atom stereocenters. The quantitative estimate of drug-likeness (QED) is 0.867. The number of aliphatic carboxylic acids is 1. The standard InChI is InChI=1S/C9H9IO3/c1-6-2-3-7(10)4-8(6)13-5-9(11)12/h2-4H,5H2,1H3,(H,11,12). The molecule has 0 aliphatic heterocycles. The number of carboxylic acids is 1. The molecular formula is C9H9IO3. The van der Waals surface area contributed by atoms with E-state index in [0.29, 0.717) is 5.75 Å². The minimum Gasteiger partial charge on any atom is -0.482 e. The van der Waals surface area contributed by atoms with Gasteiger partial charge in [-0.25, -0.2) is 4.79 Å². The van der Waals surface area contributed by atoms with Crippen molar-refractivity contribution in [2.24, 2.45) is 0 Å². The fourth-order valence-corrected chi connectivity index (χ4v) is 1.33. The number of aryl methyl sites for hydroxylation is 1. The van der Waals surface area contributed by atoms with Crippen molar-refractivity contribution in [3.63, 3.8) is 0 Å². The number of carbonyl (C=O) groups is 1. The Bertz CT molecular complexity index is 323. The number of ether oxygens (including phenoxy) is 1. The third kappa shape index (κ3) is 3.22. The Morgan fingerprint density at radius 1 is 1.62 bits per heavy atom. The summed E-state index contributed by atoms with van der Waals surface area (Å²) in [6.07, 6.45) is 0. The molecule has 0 unspecified atom stereocenters. The third-order valence-corrected chi connectivity index (χ3v) is 2.17. The van der Waals surface area contributed by atoms with E-state index in [2.05, 4.69) is 22.6 Å². The Hall–Kier alpha value is -0.780. The van der Waals surface area contributed by atoms with Crippen molar-refractivity contribution in [2.45, 2.75) is 6.92 Å². The summed E-state index contributed by atoms with van der Waals surface area (Å²) < 4.78 is 6.11. The van der Waals surface area contributed by atoms with Gasteiger partial charge in [-0.05, 0) is 47.2 Å². The van der Waals surface area contributed by atoms with E-state index in [1.54, 1.807) is 0 Å². The first-order valence-electron chi connectivity index (χ1n) is 3.70. The van der Waals surface area contributed by atoms with Gasteiger partial charge in [0.15, 0.2) is 6.61 Å². The van der Waals surface area contributed by atoms with E-state index in [0.717, 1.165) is 9.13 Å². The SMILES string of the molecule is Cc1ccc(I)cc1OCC(=O)O. The second-order valence-electron chi connectivity index (χ2n) is 2.59. The summed E-state index contributed by atoms with van der Waals surface area (Å²) in [6, 6.07) is 5.67. The highest BCUT2D eigenvalue weighted by Gasteiger charge is 2.02. The van der Waals surface area contributed by atoms with Crippen LogP contribution in [0.1, 0.15) is 5.56 Å². The lowest BCUT2D eigenvalue weighted by molar-refractivity contribution is -0.139. The molecule has 1 aromatic rings. The van der Waals surface area contributed by atoms with E-state index in [-0.39, 0.29) is 6.61 Å². The predicted octanol–water partition coefficient (Wildman–Crippen LogP) is 2.06. The van der Waals surface area contributed by atoms with Gasteiger partial charge in [-0.3, -0.25) is 0 Å². The summed E-state index contributed by atoms with van der Waals surface area (Å²) in [7, 11) is 0. The molecule has 0 saturated carbocycles. The van der Waals surface area contributed by atoms with Gasteiger partial charge in [0.05, 0.1) is 0 Å². The second-order valence-corrected chi connectivity index (χ2v) is 3.84.